The van der Waals surface area contributed by atoms with E-state index in [0.717, 1.165) is 6.07 Å². The maximum Gasteiger partial charge on any atom is 0.326 e. The van der Waals surface area contributed by atoms with E-state index < -0.39 is 28.4 Å². The second kappa shape index (κ2) is 5.76. The number of nitrogens with one attached hydrogen (secondary N) is 1. The van der Waals surface area contributed by atoms with Crippen LogP contribution in [0.25, 0.3) is 10.9 Å². The Morgan fingerprint density at radius 3 is 2.75 bits per heavy atom. The lowest BCUT2D eigenvalue weighted by molar-refractivity contribution is -0.384. The maximum absolute atomic E-state index is 12.7. The van der Waals surface area contributed by atoms with Crippen molar-refractivity contribution >= 4 is 28.5 Å². The van der Waals surface area contributed by atoms with Crippen LogP contribution in [-0.4, -0.2) is 44.4 Å². The lowest BCUT2D eigenvalue weighted by atomic mass is 10.1. The van der Waals surface area contributed by atoms with E-state index in [4.69, 9.17) is 0 Å². The van der Waals surface area contributed by atoms with Crippen LogP contribution in [0.15, 0.2) is 29.1 Å². The molecule has 1 aliphatic rings. The van der Waals surface area contributed by atoms with Gasteiger partial charge in [-0.1, -0.05) is 0 Å². The Kier molecular flexibility index (Phi) is 3.76. The van der Waals surface area contributed by atoms with Crippen molar-refractivity contribution in [2.24, 2.45) is 0 Å². The third-order valence-corrected chi connectivity index (χ3v) is 4.07. The number of pyridine rings is 1. The highest BCUT2D eigenvalue weighted by molar-refractivity contribution is 6.07. The zero-order chi connectivity index (χ0) is 17.4. The minimum Gasteiger partial charge on any atom is -0.480 e. The van der Waals surface area contributed by atoms with Crippen molar-refractivity contribution in [2.45, 2.75) is 18.9 Å². The van der Waals surface area contributed by atoms with Crippen LogP contribution in [0.5, 0.6) is 0 Å². The standard InChI is InChI=1S/C15H13N3O6/c19-13-7-10(14(20)17-5-1-2-12(17)15(21)22)9-6-8(18(23)24)3-4-11(9)16-13/h3-4,6-7,12H,1-2,5H2,(H,16,19)(H,21,22)/t12-/m0/s1. The largest absolute Gasteiger partial charge is 0.480 e. The number of amides is 1. The summed E-state index contributed by atoms with van der Waals surface area (Å²) < 4.78 is 0. The average molecular weight is 331 g/mol. The van der Waals surface area contributed by atoms with Gasteiger partial charge in [0.25, 0.3) is 11.6 Å². The van der Waals surface area contributed by atoms with Crippen molar-refractivity contribution in [1.82, 2.24) is 9.88 Å². The number of fused-ring (bicyclic) bond motifs is 1. The fourth-order valence-corrected chi connectivity index (χ4v) is 2.95. The summed E-state index contributed by atoms with van der Waals surface area (Å²) in [6.45, 7) is 0.263. The van der Waals surface area contributed by atoms with Crippen LogP contribution < -0.4 is 5.56 Å². The molecule has 9 heteroatoms. The number of carboxylic acids is 1. The number of nitrogens with zero attached hydrogens (tertiary/aromatic N) is 2. The van der Waals surface area contributed by atoms with E-state index in [1.165, 1.54) is 23.1 Å². The molecule has 1 saturated heterocycles. The van der Waals surface area contributed by atoms with Crippen molar-refractivity contribution in [3.8, 4) is 0 Å². The zero-order valence-corrected chi connectivity index (χ0v) is 12.4. The van der Waals surface area contributed by atoms with Crippen LogP contribution in [0.1, 0.15) is 23.2 Å². The van der Waals surface area contributed by atoms with Gasteiger partial charge in [-0.25, -0.2) is 4.79 Å². The minimum atomic E-state index is -1.11. The number of hydrogen-bond donors (Lipinski definition) is 2. The SMILES string of the molecule is O=C(O)[C@@H]1CCCN1C(=O)c1cc(=O)[nH]c2ccc([N+](=O)[O-])cc12. The van der Waals surface area contributed by atoms with Gasteiger partial charge in [-0.05, 0) is 18.9 Å². The van der Waals surface area contributed by atoms with E-state index in [1.807, 2.05) is 0 Å². The molecule has 24 heavy (non-hydrogen) atoms. The lowest BCUT2D eigenvalue weighted by Gasteiger charge is -2.22. The van der Waals surface area contributed by atoms with Crippen LogP contribution in [0, 0.1) is 10.1 Å². The summed E-state index contributed by atoms with van der Waals surface area (Å²) in [5.41, 5.74) is -0.515. The second-order valence-corrected chi connectivity index (χ2v) is 5.53. The molecule has 0 radical (unpaired) electrons. The number of likely N-dealkylation sites (tertiary alicyclic amines) is 1. The van der Waals surface area contributed by atoms with Gasteiger partial charge in [0.05, 0.1) is 10.5 Å². The predicted octanol–water partition coefficient (Wildman–Crippen LogP) is 1.13. The maximum atomic E-state index is 12.7. The number of rotatable bonds is 3. The van der Waals surface area contributed by atoms with E-state index in [0.29, 0.717) is 12.8 Å². The molecule has 0 bridgehead atoms. The van der Waals surface area contributed by atoms with Gasteiger partial charge in [0.1, 0.15) is 6.04 Å². The molecule has 2 aromatic rings. The zero-order valence-electron chi connectivity index (χ0n) is 12.4. The number of aliphatic carboxylic acids is 1. The monoisotopic (exact) mass is 331 g/mol. The summed E-state index contributed by atoms with van der Waals surface area (Å²) in [7, 11) is 0. The molecule has 1 fully saturated rings. The van der Waals surface area contributed by atoms with Crippen molar-refractivity contribution < 1.29 is 19.6 Å². The third kappa shape index (κ3) is 2.60. The topological polar surface area (TPSA) is 134 Å². The van der Waals surface area contributed by atoms with Gasteiger partial charge in [0, 0.05) is 35.6 Å². The summed E-state index contributed by atoms with van der Waals surface area (Å²) in [6.07, 6.45) is 0.881. The number of aromatic nitrogens is 1. The van der Waals surface area contributed by atoms with Crippen LogP contribution in [0.4, 0.5) is 5.69 Å². The molecule has 0 aliphatic carbocycles. The number of H-pyrrole nitrogens is 1. The number of non-ortho nitro benzene ring substituents is 1. The Labute approximate surface area is 134 Å². The van der Waals surface area contributed by atoms with Gasteiger partial charge in [0.15, 0.2) is 0 Å². The molecule has 1 aromatic carbocycles. The van der Waals surface area contributed by atoms with E-state index in [1.54, 1.807) is 0 Å². The molecule has 3 rings (SSSR count). The number of carboxylic acid groups (broad SMARTS) is 1. The van der Waals surface area contributed by atoms with Crippen molar-refractivity contribution in [3.63, 3.8) is 0 Å². The molecular formula is C15H13N3O6. The molecule has 0 unspecified atom stereocenters. The lowest BCUT2D eigenvalue weighted by Crippen LogP contribution is -2.40. The molecule has 0 spiro atoms. The Morgan fingerprint density at radius 2 is 2.08 bits per heavy atom. The van der Waals surface area contributed by atoms with Gasteiger partial charge >= 0.3 is 5.97 Å². The Balaban J connectivity index is 2.15. The highest BCUT2D eigenvalue weighted by Crippen LogP contribution is 2.25. The van der Waals surface area contributed by atoms with Crippen molar-refractivity contribution in [2.75, 3.05) is 6.54 Å². The quantitative estimate of drug-likeness (QED) is 0.639. The summed E-state index contributed by atoms with van der Waals surface area (Å²) in [5, 5.41) is 20.4. The first-order chi connectivity index (χ1) is 11.4. The number of carbonyl (C=O) groups excluding carboxylic acids is 1. The molecule has 9 nitrogen and oxygen atoms in total. The van der Waals surface area contributed by atoms with E-state index in [-0.39, 0.29) is 28.7 Å². The Morgan fingerprint density at radius 1 is 1.33 bits per heavy atom. The van der Waals surface area contributed by atoms with E-state index in [2.05, 4.69) is 4.98 Å². The fourth-order valence-electron chi connectivity index (χ4n) is 2.95. The predicted molar refractivity (Wildman–Crippen MR) is 82.9 cm³/mol. The molecule has 1 atom stereocenters. The Bertz CT molecular complexity index is 919. The first-order valence-corrected chi connectivity index (χ1v) is 7.24. The van der Waals surface area contributed by atoms with E-state index >= 15 is 0 Å². The minimum absolute atomic E-state index is 0.0365. The first-order valence-electron chi connectivity index (χ1n) is 7.24. The van der Waals surface area contributed by atoms with Crippen LogP contribution >= 0.6 is 0 Å². The van der Waals surface area contributed by atoms with E-state index in [9.17, 15) is 29.6 Å². The molecule has 1 amide bonds. The fraction of sp³-hybridized carbons (Fsp3) is 0.267. The van der Waals surface area contributed by atoms with Crippen LogP contribution in [0.2, 0.25) is 0 Å². The number of benzene rings is 1. The number of nitro benzene ring substituents is 1. The molecule has 2 N–H and O–H groups in total. The molecule has 124 valence electrons. The van der Waals surface area contributed by atoms with Gasteiger partial charge in [-0.15, -0.1) is 0 Å². The smallest absolute Gasteiger partial charge is 0.326 e. The Hall–Kier alpha value is -3.23. The van der Waals surface area contributed by atoms with Gasteiger partial charge in [0.2, 0.25) is 5.56 Å². The summed E-state index contributed by atoms with van der Waals surface area (Å²) in [4.78, 5) is 49.8. The van der Waals surface area contributed by atoms with Gasteiger partial charge < -0.3 is 15.0 Å². The van der Waals surface area contributed by atoms with Gasteiger partial charge in [-0.3, -0.25) is 19.7 Å². The first kappa shape index (κ1) is 15.7. The number of aromatic amines is 1. The molecule has 2 heterocycles. The molecule has 0 saturated carbocycles. The molecule has 1 aliphatic heterocycles. The number of carbonyl (C=O) groups is 2. The third-order valence-electron chi connectivity index (χ3n) is 4.07. The normalized spacial score (nSPS) is 17.2. The van der Waals surface area contributed by atoms with Gasteiger partial charge in [-0.2, -0.15) is 0 Å². The summed E-state index contributed by atoms with van der Waals surface area (Å²) in [5.74, 6) is -1.72. The average Bonchev–Trinajstić information content (AvgIpc) is 3.02. The van der Waals surface area contributed by atoms with Crippen LogP contribution in [-0.2, 0) is 4.79 Å². The summed E-state index contributed by atoms with van der Waals surface area (Å²) >= 11 is 0. The number of hydrogen-bond acceptors (Lipinski definition) is 5. The van der Waals surface area contributed by atoms with Crippen molar-refractivity contribution in [1.29, 1.82) is 0 Å². The second-order valence-electron chi connectivity index (χ2n) is 5.53. The van der Waals surface area contributed by atoms with Crippen LogP contribution in [0.3, 0.4) is 0 Å². The van der Waals surface area contributed by atoms with Crippen molar-refractivity contribution in [3.05, 3.63) is 50.3 Å². The molecule has 1 aromatic heterocycles. The molecular weight excluding hydrogens is 318 g/mol. The highest BCUT2D eigenvalue weighted by atomic mass is 16.6. The summed E-state index contributed by atoms with van der Waals surface area (Å²) in [6, 6.07) is 3.87. The number of nitro groups is 1. The highest BCUT2D eigenvalue weighted by Gasteiger charge is 2.35.